The molecule has 0 aliphatic carbocycles. The van der Waals surface area contributed by atoms with E-state index in [1.807, 2.05) is 18.7 Å². The fourth-order valence-corrected chi connectivity index (χ4v) is 5.25. The molecule has 0 amide bonds. The second kappa shape index (κ2) is 7.28. The molecule has 0 aliphatic rings. The highest BCUT2D eigenvalue weighted by Crippen LogP contribution is 2.36. The zero-order chi connectivity index (χ0) is 15.6. The number of aryl methyl sites for hydroxylation is 2. The van der Waals surface area contributed by atoms with E-state index in [1.165, 1.54) is 11.3 Å². The van der Waals surface area contributed by atoms with Crippen molar-refractivity contribution in [3.8, 4) is 0 Å². The van der Waals surface area contributed by atoms with E-state index in [9.17, 15) is 0 Å². The molecule has 0 fully saturated rings. The van der Waals surface area contributed by atoms with Gasteiger partial charge in [0, 0.05) is 34.0 Å². The number of rotatable bonds is 5. The minimum Gasteiger partial charge on any atom is -0.271 e. The second-order valence-corrected chi connectivity index (χ2v) is 8.03. The van der Waals surface area contributed by atoms with Crippen molar-refractivity contribution in [2.45, 2.75) is 18.8 Å². The van der Waals surface area contributed by atoms with Crippen molar-refractivity contribution < 1.29 is 0 Å². The van der Waals surface area contributed by atoms with Crippen molar-refractivity contribution in [1.82, 2.24) is 9.78 Å². The molecule has 0 radical (unpaired) electrons. The summed E-state index contributed by atoms with van der Waals surface area (Å²) in [5.41, 5.74) is 3.52. The van der Waals surface area contributed by atoms with Crippen LogP contribution in [0.2, 0.25) is 0 Å². The number of hydrogen-bond acceptors (Lipinski definition) is 1. The fourth-order valence-electron chi connectivity index (χ4n) is 2.40. The van der Waals surface area contributed by atoms with Crippen molar-refractivity contribution >= 4 is 63.7 Å². The summed E-state index contributed by atoms with van der Waals surface area (Å²) in [6.45, 7) is 2.02. The Morgan fingerprint density at radius 1 is 1.19 bits per heavy atom. The third-order valence-electron chi connectivity index (χ3n) is 3.72. The monoisotopic (exact) mass is 540 g/mol. The molecule has 6 heteroatoms. The van der Waals surface area contributed by atoms with Gasteiger partial charge in [-0.3, -0.25) is 4.68 Å². The van der Waals surface area contributed by atoms with Gasteiger partial charge in [-0.2, -0.15) is 5.10 Å². The molecule has 0 bridgehead atoms. The van der Waals surface area contributed by atoms with E-state index in [0.717, 1.165) is 31.7 Å². The van der Waals surface area contributed by atoms with Crippen LogP contribution in [0.5, 0.6) is 0 Å². The van der Waals surface area contributed by atoms with E-state index in [2.05, 4.69) is 93.1 Å². The lowest BCUT2D eigenvalue weighted by Crippen LogP contribution is -2.34. The third-order valence-corrected chi connectivity index (χ3v) is 7.39. The third kappa shape index (κ3) is 3.65. The normalized spacial score (nSPS) is 11.9. The number of benzene rings is 1. The second-order valence-electron chi connectivity index (χ2n) is 5.20. The maximum Gasteiger partial charge on any atom is 0.0738 e. The molecular formula is C15H16Br4N2. The molecule has 0 aliphatic heterocycles. The first-order valence-corrected chi connectivity index (χ1v) is 10.3. The molecule has 114 valence electrons. The van der Waals surface area contributed by atoms with E-state index >= 15 is 0 Å². The van der Waals surface area contributed by atoms with E-state index in [0.29, 0.717) is 0 Å². The average Bonchev–Trinajstić information content (AvgIpc) is 2.70. The summed E-state index contributed by atoms with van der Waals surface area (Å²) in [5.74, 6) is 0. The standard InChI is InChI=1S/C15H16Br4N2/c1-10-14(19)13(21(2)20-10)7-15(8-16,9-17)11-4-3-5-12(18)6-11/h3-6H,7-9H2,1-2H3. The topological polar surface area (TPSA) is 17.8 Å². The molecule has 0 N–H and O–H groups in total. The Bertz CT molecular complexity index is 633. The van der Waals surface area contributed by atoms with Crippen LogP contribution < -0.4 is 0 Å². The number of nitrogens with zero attached hydrogens (tertiary/aromatic N) is 2. The lowest BCUT2D eigenvalue weighted by Gasteiger charge is -2.31. The van der Waals surface area contributed by atoms with Crippen LogP contribution >= 0.6 is 63.7 Å². The van der Waals surface area contributed by atoms with Crippen LogP contribution in [0.15, 0.2) is 33.2 Å². The van der Waals surface area contributed by atoms with Gasteiger partial charge in [0.25, 0.3) is 0 Å². The molecule has 1 aromatic heterocycles. The first kappa shape index (κ1) is 17.7. The molecular weight excluding hydrogens is 528 g/mol. The van der Waals surface area contributed by atoms with Crippen LogP contribution in [-0.2, 0) is 18.9 Å². The van der Waals surface area contributed by atoms with Crippen LogP contribution in [0.4, 0.5) is 0 Å². The number of alkyl halides is 2. The molecule has 1 aromatic carbocycles. The zero-order valence-electron chi connectivity index (χ0n) is 11.8. The Morgan fingerprint density at radius 3 is 2.33 bits per heavy atom. The van der Waals surface area contributed by atoms with Crippen molar-refractivity contribution in [3.63, 3.8) is 0 Å². The van der Waals surface area contributed by atoms with Gasteiger partial charge in [-0.25, -0.2) is 0 Å². The molecule has 21 heavy (non-hydrogen) atoms. The molecule has 2 aromatic rings. The molecule has 2 nitrogen and oxygen atoms in total. The van der Waals surface area contributed by atoms with Crippen molar-refractivity contribution in [3.05, 3.63) is 50.2 Å². The first-order valence-electron chi connectivity index (χ1n) is 6.49. The van der Waals surface area contributed by atoms with Crippen molar-refractivity contribution in [2.24, 2.45) is 7.05 Å². The Kier molecular flexibility index (Phi) is 6.14. The summed E-state index contributed by atoms with van der Waals surface area (Å²) < 4.78 is 4.18. The quantitative estimate of drug-likeness (QED) is 0.454. The lowest BCUT2D eigenvalue weighted by atomic mass is 9.80. The average molecular weight is 544 g/mol. The SMILES string of the molecule is Cc1nn(C)c(CC(CBr)(CBr)c2cccc(Br)c2)c1Br. The highest BCUT2D eigenvalue weighted by atomic mass is 79.9. The van der Waals surface area contributed by atoms with E-state index in [-0.39, 0.29) is 5.41 Å². The van der Waals surface area contributed by atoms with Gasteiger partial charge >= 0.3 is 0 Å². The predicted octanol–water partition coefficient (Wildman–Crippen LogP) is 5.52. The molecule has 0 spiro atoms. The van der Waals surface area contributed by atoms with Crippen molar-refractivity contribution in [2.75, 3.05) is 10.7 Å². The maximum atomic E-state index is 4.50. The van der Waals surface area contributed by atoms with Gasteiger partial charge in [0.2, 0.25) is 0 Å². The Balaban J connectivity index is 2.48. The van der Waals surface area contributed by atoms with Crippen LogP contribution in [-0.4, -0.2) is 20.4 Å². The van der Waals surface area contributed by atoms with E-state index in [1.54, 1.807) is 0 Å². The van der Waals surface area contributed by atoms with Gasteiger partial charge in [-0.15, -0.1) is 0 Å². The minimum atomic E-state index is -0.0213. The van der Waals surface area contributed by atoms with Crippen LogP contribution in [0.1, 0.15) is 17.0 Å². The molecule has 2 rings (SSSR count). The summed E-state index contributed by atoms with van der Waals surface area (Å²) >= 11 is 14.7. The fraction of sp³-hybridized carbons (Fsp3) is 0.400. The first-order chi connectivity index (χ1) is 9.93. The smallest absolute Gasteiger partial charge is 0.0738 e. The summed E-state index contributed by atoms with van der Waals surface area (Å²) in [6.07, 6.45) is 0.901. The lowest BCUT2D eigenvalue weighted by molar-refractivity contribution is 0.521. The predicted molar refractivity (Wildman–Crippen MR) is 103 cm³/mol. The van der Waals surface area contributed by atoms with Crippen molar-refractivity contribution in [1.29, 1.82) is 0 Å². The van der Waals surface area contributed by atoms with Gasteiger partial charge in [0.05, 0.1) is 15.9 Å². The van der Waals surface area contributed by atoms with Gasteiger partial charge < -0.3 is 0 Å². The minimum absolute atomic E-state index is 0.0213. The zero-order valence-corrected chi connectivity index (χ0v) is 18.2. The summed E-state index contributed by atoms with van der Waals surface area (Å²) in [4.78, 5) is 0. The summed E-state index contributed by atoms with van der Waals surface area (Å²) in [5, 5.41) is 6.25. The summed E-state index contributed by atoms with van der Waals surface area (Å²) in [7, 11) is 2.00. The molecule has 0 saturated carbocycles. The number of hydrogen-bond donors (Lipinski definition) is 0. The Labute approximate surface area is 159 Å². The largest absolute Gasteiger partial charge is 0.271 e. The summed E-state index contributed by atoms with van der Waals surface area (Å²) in [6, 6.07) is 8.52. The molecule has 0 saturated heterocycles. The number of aromatic nitrogens is 2. The molecule has 0 unspecified atom stereocenters. The van der Waals surface area contributed by atoms with Crippen LogP contribution in [0, 0.1) is 6.92 Å². The van der Waals surface area contributed by atoms with Crippen LogP contribution in [0.25, 0.3) is 0 Å². The van der Waals surface area contributed by atoms with Gasteiger partial charge in [-0.1, -0.05) is 59.9 Å². The van der Waals surface area contributed by atoms with Gasteiger partial charge in [0.15, 0.2) is 0 Å². The highest BCUT2D eigenvalue weighted by Gasteiger charge is 2.33. The molecule has 1 heterocycles. The number of halogens is 4. The van der Waals surface area contributed by atoms with Gasteiger partial charge in [-0.05, 0) is 40.5 Å². The Hall–Kier alpha value is 0.350. The highest BCUT2D eigenvalue weighted by molar-refractivity contribution is 9.11. The Morgan fingerprint density at radius 2 is 1.86 bits per heavy atom. The van der Waals surface area contributed by atoms with E-state index < -0.39 is 0 Å². The maximum absolute atomic E-state index is 4.50. The van der Waals surface area contributed by atoms with Gasteiger partial charge in [0.1, 0.15) is 0 Å². The van der Waals surface area contributed by atoms with E-state index in [4.69, 9.17) is 0 Å². The van der Waals surface area contributed by atoms with Crippen LogP contribution in [0.3, 0.4) is 0 Å². The molecule has 0 atom stereocenters.